The lowest BCUT2D eigenvalue weighted by atomic mass is 10.0. The van der Waals surface area contributed by atoms with Crippen molar-refractivity contribution < 1.29 is 15.3 Å². The normalized spacial score (nSPS) is 10.1. The lowest BCUT2D eigenvalue weighted by molar-refractivity contribution is 0.399. The van der Waals surface area contributed by atoms with Gasteiger partial charge in [0.15, 0.2) is 11.5 Å². The molecule has 0 heterocycles. The Morgan fingerprint density at radius 2 is 1.27 bits per heavy atom. The third-order valence-corrected chi connectivity index (χ3v) is 2.20. The number of phenolic OH excluding ortho intramolecular Hbond substituents is 3. The minimum atomic E-state index is -0.304. The summed E-state index contributed by atoms with van der Waals surface area (Å²) in [6.07, 6.45) is 0. The number of hydrogen-bond donors (Lipinski definition) is 3. The molecule has 3 heteroatoms. The zero-order valence-corrected chi connectivity index (χ0v) is 7.88. The van der Waals surface area contributed by atoms with E-state index in [1.165, 1.54) is 12.1 Å². The Morgan fingerprint density at radius 3 is 1.93 bits per heavy atom. The molecule has 0 radical (unpaired) electrons. The van der Waals surface area contributed by atoms with Crippen LogP contribution in [-0.2, 0) is 0 Å². The van der Waals surface area contributed by atoms with Crippen molar-refractivity contribution in [3.05, 3.63) is 42.5 Å². The van der Waals surface area contributed by atoms with E-state index in [-0.39, 0.29) is 22.8 Å². The Morgan fingerprint density at radius 1 is 0.667 bits per heavy atom. The van der Waals surface area contributed by atoms with E-state index in [9.17, 15) is 15.3 Å². The lowest BCUT2D eigenvalue weighted by Gasteiger charge is -2.08. The van der Waals surface area contributed by atoms with Gasteiger partial charge in [0.2, 0.25) is 0 Å². The van der Waals surface area contributed by atoms with Crippen LogP contribution < -0.4 is 0 Å². The average Bonchev–Trinajstić information content (AvgIpc) is 2.26. The first kappa shape index (κ1) is 9.40. The van der Waals surface area contributed by atoms with Crippen LogP contribution in [0, 0.1) is 0 Å². The fourth-order valence-electron chi connectivity index (χ4n) is 1.46. The molecule has 0 unspecified atom stereocenters. The van der Waals surface area contributed by atoms with Crippen molar-refractivity contribution in [3.8, 4) is 28.4 Å². The van der Waals surface area contributed by atoms with Crippen molar-refractivity contribution in [2.75, 3.05) is 0 Å². The molecule has 0 spiro atoms. The van der Waals surface area contributed by atoms with Crippen molar-refractivity contribution in [2.45, 2.75) is 0 Å². The van der Waals surface area contributed by atoms with Crippen molar-refractivity contribution in [2.24, 2.45) is 0 Å². The number of rotatable bonds is 1. The van der Waals surface area contributed by atoms with Gasteiger partial charge in [-0.15, -0.1) is 0 Å². The molecule has 0 aliphatic rings. The molecule has 0 bridgehead atoms. The van der Waals surface area contributed by atoms with Gasteiger partial charge >= 0.3 is 0 Å². The summed E-state index contributed by atoms with van der Waals surface area (Å²) in [5.41, 5.74) is 0.902. The predicted octanol–water partition coefficient (Wildman–Crippen LogP) is 2.47. The summed E-state index contributed by atoms with van der Waals surface area (Å²) >= 11 is 0. The van der Waals surface area contributed by atoms with E-state index in [4.69, 9.17) is 0 Å². The van der Waals surface area contributed by atoms with Gasteiger partial charge in [-0.25, -0.2) is 0 Å². The van der Waals surface area contributed by atoms with Gasteiger partial charge in [-0.1, -0.05) is 30.3 Å². The van der Waals surface area contributed by atoms with Crippen LogP contribution in [0.2, 0.25) is 0 Å². The molecule has 2 aromatic rings. The second-order valence-corrected chi connectivity index (χ2v) is 3.19. The van der Waals surface area contributed by atoms with Gasteiger partial charge < -0.3 is 15.3 Å². The smallest absolute Gasteiger partial charge is 0.169 e. The van der Waals surface area contributed by atoms with Gasteiger partial charge in [0, 0.05) is 0 Å². The van der Waals surface area contributed by atoms with Crippen LogP contribution in [0.4, 0.5) is 0 Å². The van der Waals surface area contributed by atoms with E-state index in [0.717, 1.165) is 0 Å². The Kier molecular flexibility index (Phi) is 2.21. The van der Waals surface area contributed by atoms with Crippen LogP contribution in [0.1, 0.15) is 0 Å². The molecule has 3 nitrogen and oxygen atoms in total. The highest BCUT2D eigenvalue weighted by atomic mass is 16.3. The standard InChI is InChI=1S/C12H10O3/c13-9-6-7-10(14)12(15)11(9)8-4-2-1-3-5-8/h1-7,13-15H. The fraction of sp³-hybridized carbons (Fsp3) is 0. The van der Waals surface area contributed by atoms with Gasteiger partial charge in [0.1, 0.15) is 5.75 Å². The van der Waals surface area contributed by atoms with E-state index >= 15 is 0 Å². The summed E-state index contributed by atoms with van der Waals surface area (Å²) in [5.74, 6) is -0.607. The third kappa shape index (κ3) is 1.59. The summed E-state index contributed by atoms with van der Waals surface area (Å²) in [6, 6.07) is 11.5. The summed E-state index contributed by atoms with van der Waals surface area (Å²) in [5, 5.41) is 28.5. The molecule has 2 aromatic carbocycles. The molecule has 0 atom stereocenters. The van der Waals surface area contributed by atoms with Crippen LogP contribution in [0.25, 0.3) is 11.1 Å². The second-order valence-electron chi connectivity index (χ2n) is 3.19. The van der Waals surface area contributed by atoms with Crippen LogP contribution in [0.3, 0.4) is 0 Å². The first-order chi connectivity index (χ1) is 7.20. The second kappa shape index (κ2) is 3.53. The van der Waals surface area contributed by atoms with E-state index in [1.54, 1.807) is 24.3 Å². The zero-order valence-electron chi connectivity index (χ0n) is 7.88. The minimum absolute atomic E-state index is 0.0588. The lowest BCUT2D eigenvalue weighted by Crippen LogP contribution is -1.80. The minimum Gasteiger partial charge on any atom is -0.507 e. The topological polar surface area (TPSA) is 60.7 Å². The van der Waals surface area contributed by atoms with Gasteiger partial charge in [0.25, 0.3) is 0 Å². The molecular weight excluding hydrogens is 192 g/mol. The molecular formula is C12H10O3. The predicted molar refractivity (Wildman–Crippen MR) is 56.9 cm³/mol. The quantitative estimate of drug-likeness (QED) is 0.491. The van der Waals surface area contributed by atoms with Gasteiger partial charge in [-0.2, -0.15) is 0 Å². The molecule has 0 aromatic heterocycles. The zero-order chi connectivity index (χ0) is 10.8. The number of hydrogen-bond acceptors (Lipinski definition) is 3. The summed E-state index contributed by atoms with van der Waals surface area (Å²) in [4.78, 5) is 0. The van der Waals surface area contributed by atoms with Crippen LogP contribution in [0.5, 0.6) is 17.2 Å². The maximum absolute atomic E-state index is 9.62. The highest BCUT2D eigenvalue weighted by molar-refractivity contribution is 5.78. The van der Waals surface area contributed by atoms with E-state index in [2.05, 4.69) is 0 Å². The van der Waals surface area contributed by atoms with E-state index < -0.39 is 0 Å². The van der Waals surface area contributed by atoms with Crippen LogP contribution in [-0.4, -0.2) is 15.3 Å². The molecule has 15 heavy (non-hydrogen) atoms. The summed E-state index contributed by atoms with van der Waals surface area (Å²) < 4.78 is 0. The van der Waals surface area contributed by atoms with Gasteiger partial charge in [-0.05, 0) is 17.7 Å². The van der Waals surface area contributed by atoms with Crippen molar-refractivity contribution >= 4 is 0 Å². The highest BCUT2D eigenvalue weighted by Crippen LogP contribution is 2.42. The first-order valence-electron chi connectivity index (χ1n) is 4.49. The number of phenols is 3. The number of aromatic hydroxyl groups is 3. The number of benzene rings is 2. The highest BCUT2D eigenvalue weighted by Gasteiger charge is 2.12. The third-order valence-electron chi connectivity index (χ3n) is 2.20. The summed E-state index contributed by atoms with van der Waals surface area (Å²) in [6.45, 7) is 0. The fourth-order valence-corrected chi connectivity index (χ4v) is 1.46. The molecule has 0 amide bonds. The maximum Gasteiger partial charge on any atom is 0.169 e. The SMILES string of the molecule is Oc1ccc(O)c(-c2ccccc2)c1O. The molecule has 0 saturated carbocycles. The Bertz CT molecular complexity index is 478. The molecule has 3 N–H and O–H groups in total. The van der Waals surface area contributed by atoms with Crippen molar-refractivity contribution in [3.63, 3.8) is 0 Å². The van der Waals surface area contributed by atoms with Gasteiger partial charge in [0.05, 0.1) is 5.56 Å². The Labute approximate surface area is 86.9 Å². The van der Waals surface area contributed by atoms with Crippen LogP contribution >= 0.6 is 0 Å². The average molecular weight is 202 g/mol. The maximum atomic E-state index is 9.62. The summed E-state index contributed by atoms with van der Waals surface area (Å²) in [7, 11) is 0. The molecule has 0 aliphatic heterocycles. The van der Waals surface area contributed by atoms with E-state index in [1.807, 2.05) is 6.07 Å². The Hall–Kier alpha value is -2.16. The molecule has 0 saturated heterocycles. The first-order valence-corrected chi connectivity index (χ1v) is 4.49. The van der Waals surface area contributed by atoms with Crippen molar-refractivity contribution in [1.82, 2.24) is 0 Å². The molecule has 2 rings (SSSR count). The largest absolute Gasteiger partial charge is 0.507 e. The molecule has 0 aliphatic carbocycles. The molecule has 0 fully saturated rings. The monoisotopic (exact) mass is 202 g/mol. The molecule has 76 valence electrons. The van der Waals surface area contributed by atoms with Gasteiger partial charge in [-0.3, -0.25) is 0 Å². The van der Waals surface area contributed by atoms with Crippen molar-refractivity contribution in [1.29, 1.82) is 0 Å². The van der Waals surface area contributed by atoms with Crippen LogP contribution in [0.15, 0.2) is 42.5 Å². The van der Waals surface area contributed by atoms with E-state index in [0.29, 0.717) is 5.56 Å². The Balaban J connectivity index is 2.68.